The molecule has 1 aliphatic heterocycles. The SMILES string of the molecule is CCc1nc2ccc(N3CC[C@H](N)C3)nn2c1CNc1nc(-c2ccc(F)cc2)c(C#N)s1. The molecule has 168 valence electrons. The number of thiazole rings is 1. The van der Waals surface area contributed by atoms with Crippen molar-refractivity contribution < 1.29 is 4.39 Å². The number of nitrogens with one attached hydrogen (secondary N) is 1. The van der Waals surface area contributed by atoms with Gasteiger partial charge >= 0.3 is 0 Å². The largest absolute Gasteiger partial charge is 0.356 e. The van der Waals surface area contributed by atoms with Gasteiger partial charge in [-0.25, -0.2) is 18.9 Å². The zero-order valence-corrected chi connectivity index (χ0v) is 18.9. The lowest BCUT2D eigenvalue weighted by Crippen LogP contribution is -2.27. The fourth-order valence-electron chi connectivity index (χ4n) is 4.07. The molecule has 1 aliphatic rings. The van der Waals surface area contributed by atoms with Crippen LogP contribution in [0.5, 0.6) is 0 Å². The maximum atomic E-state index is 13.3. The van der Waals surface area contributed by atoms with Crippen LogP contribution >= 0.6 is 11.3 Å². The molecule has 3 aromatic heterocycles. The van der Waals surface area contributed by atoms with E-state index in [2.05, 4.69) is 28.2 Å². The quantitative estimate of drug-likeness (QED) is 0.451. The summed E-state index contributed by atoms with van der Waals surface area (Å²) in [7, 11) is 0. The summed E-state index contributed by atoms with van der Waals surface area (Å²) in [6.07, 6.45) is 1.73. The van der Waals surface area contributed by atoms with Gasteiger partial charge in [-0.15, -0.1) is 5.10 Å². The fourth-order valence-corrected chi connectivity index (χ4v) is 4.85. The Balaban J connectivity index is 1.43. The number of nitrogens with zero attached hydrogens (tertiary/aromatic N) is 6. The molecule has 4 aromatic rings. The second-order valence-electron chi connectivity index (χ2n) is 7.98. The summed E-state index contributed by atoms with van der Waals surface area (Å²) in [4.78, 5) is 12.0. The van der Waals surface area contributed by atoms with Crippen LogP contribution in [0.2, 0.25) is 0 Å². The molecule has 0 unspecified atom stereocenters. The summed E-state index contributed by atoms with van der Waals surface area (Å²) < 4.78 is 15.2. The summed E-state index contributed by atoms with van der Waals surface area (Å²) in [6.45, 7) is 4.21. The van der Waals surface area contributed by atoms with Gasteiger partial charge in [-0.05, 0) is 49.2 Å². The molecule has 33 heavy (non-hydrogen) atoms. The molecule has 1 aromatic carbocycles. The topological polar surface area (TPSA) is 108 Å². The molecule has 3 N–H and O–H groups in total. The zero-order valence-electron chi connectivity index (χ0n) is 18.1. The van der Waals surface area contributed by atoms with E-state index in [1.807, 2.05) is 16.6 Å². The normalized spacial score (nSPS) is 15.8. The highest BCUT2D eigenvalue weighted by Crippen LogP contribution is 2.31. The van der Waals surface area contributed by atoms with Crippen molar-refractivity contribution in [1.82, 2.24) is 19.6 Å². The van der Waals surface area contributed by atoms with E-state index in [1.54, 1.807) is 12.1 Å². The van der Waals surface area contributed by atoms with E-state index in [9.17, 15) is 9.65 Å². The van der Waals surface area contributed by atoms with Crippen LogP contribution < -0.4 is 16.0 Å². The van der Waals surface area contributed by atoms with Crippen molar-refractivity contribution in [3.8, 4) is 17.3 Å². The summed E-state index contributed by atoms with van der Waals surface area (Å²) in [6, 6.07) is 12.3. The number of nitriles is 1. The number of halogens is 1. The first-order valence-electron chi connectivity index (χ1n) is 10.8. The molecule has 1 saturated heterocycles. The van der Waals surface area contributed by atoms with Gasteiger partial charge in [0.1, 0.15) is 28.3 Å². The standard InChI is InChI=1S/C23H23FN8S/c1-2-17-18(32-20(28-17)7-8-21(30-32)31-10-9-16(26)13-31)12-27-23-29-22(19(11-25)33-23)14-3-5-15(24)6-4-14/h3-8,16H,2,9-10,12-13,26H2,1H3,(H,27,29)/t16-/m0/s1. The Bertz CT molecular complexity index is 1340. The molecule has 0 bridgehead atoms. The molecule has 1 fully saturated rings. The number of hydrogen-bond acceptors (Lipinski definition) is 8. The average Bonchev–Trinajstić information content (AvgIpc) is 3.54. The van der Waals surface area contributed by atoms with Crippen molar-refractivity contribution in [3.63, 3.8) is 0 Å². The molecule has 1 atom stereocenters. The van der Waals surface area contributed by atoms with E-state index in [1.165, 1.54) is 23.5 Å². The number of rotatable bonds is 6. The van der Waals surface area contributed by atoms with E-state index in [-0.39, 0.29) is 11.9 Å². The minimum Gasteiger partial charge on any atom is -0.356 e. The average molecular weight is 463 g/mol. The highest BCUT2D eigenvalue weighted by Gasteiger charge is 2.22. The zero-order chi connectivity index (χ0) is 22.9. The van der Waals surface area contributed by atoms with E-state index in [4.69, 9.17) is 15.8 Å². The number of benzene rings is 1. The second-order valence-corrected chi connectivity index (χ2v) is 8.98. The van der Waals surface area contributed by atoms with Gasteiger partial charge in [-0.2, -0.15) is 5.26 Å². The minimum atomic E-state index is -0.326. The van der Waals surface area contributed by atoms with E-state index in [0.29, 0.717) is 27.8 Å². The molecule has 0 radical (unpaired) electrons. The predicted molar refractivity (Wildman–Crippen MR) is 127 cm³/mol. The molecular weight excluding hydrogens is 439 g/mol. The van der Waals surface area contributed by atoms with Crippen LogP contribution in [-0.2, 0) is 13.0 Å². The smallest absolute Gasteiger partial charge is 0.184 e. The third kappa shape index (κ3) is 4.13. The lowest BCUT2D eigenvalue weighted by Gasteiger charge is -2.16. The lowest BCUT2D eigenvalue weighted by atomic mass is 10.1. The lowest BCUT2D eigenvalue weighted by molar-refractivity contribution is 0.628. The monoisotopic (exact) mass is 462 g/mol. The van der Waals surface area contributed by atoms with Crippen LogP contribution in [-0.4, -0.2) is 38.7 Å². The van der Waals surface area contributed by atoms with Gasteiger partial charge in [0.25, 0.3) is 0 Å². The fraction of sp³-hybridized carbons (Fsp3) is 0.304. The molecule has 0 aliphatic carbocycles. The molecule has 0 spiro atoms. The Kier molecular flexibility index (Phi) is 5.66. The molecule has 0 saturated carbocycles. The van der Waals surface area contributed by atoms with Gasteiger partial charge in [-0.1, -0.05) is 18.3 Å². The summed E-state index contributed by atoms with van der Waals surface area (Å²) in [5, 5.41) is 18.4. The van der Waals surface area contributed by atoms with Crippen LogP contribution in [0.4, 0.5) is 15.3 Å². The first kappa shape index (κ1) is 21.3. The number of aromatic nitrogens is 4. The van der Waals surface area contributed by atoms with Gasteiger partial charge in [0, 0.05) is 24.7 Å². The highest BCUT2D eigenvalue weighted by atomic mass is 32.1. The van der Waals surface area contributed by atoms with Crippen molar-refractivity contribution in [3.05, 3.63) is 58.5 Å². The third-order valence-corrected chi connectivity index (χ3v) is 6.69. The summed E-state index contributed by atoms with van der Waals surface area (Å²) in [5.41, 5.74) is 10.0. The van der Waals surface area contributed by atoms with Gasteiger partial charge in [0.2, 0.25) is 0 Å². The van der Waals surface area contributed by atoms with E-state index >= 15 is 0 Å². The van der Waals surface area contributed by atoms with E-state index < -0.39 is 0 Å². The number of imidazole rings is 1. The van der Waals surface area contributed by atoms with E-state index in [0.717, 1.165) is 48.8 Å². The number of hydrogen-bond donors (Lipinski definition) is 2. The van der Waals surface area contributed by atoms with Crippen molar-refractivity contribution in [2.75, 3.05) is 23.3 Å². The summed E-state index contributed by atoms with van der Waals surface area (Å²) in [5.74, 6) is 0.560. The molecule has 8 nitrogen and oxygen atoms in total. The summed E-state index contributed by atoms with van der Waals surface area (Å²) >= 11 is 1.27. The van der Waals surface area contributed by atoms with Crippen molar-refractivity contribution in [2.24, 2.45) is 5.73 Å². The maximum absolute atomic E-state index is 13.3. The van der Waals surface area contributed by atoms with Gasteiger partial charge in [-0.3, -0.25) is 0 Å². The number of nitrogens with two attached hydrogens (primary N) is 1. The van der Waals surface area contributed by atoms with Crippen molar-refractivity contribution >= 4 is 27.9 Å². The van der Waals surface area contributed by atoms with Crippen LogP contribution in [0.3, 0.4) is 0 Å². The van der Waals surface area contributed by atoms with Gasteiger partial charge < -0.3 is 16.0 Å². The maximum Gasteiger partial charge on any atom is 0.184 e. The number of aryl methyl sites for hydroxylation is 1. The predicted octanol–water partition coefficient (Wildman–Crippen LogP) is 3.58. The first-order chi connectivity index (χ1) is 16.1. The molecule has 4 heterocycles. The number of fused-ring (bicyclic) bond motifs is 1. The number of anilines is 2. The van der Waals surface area contributed by atoms with Crippen molar-refractivity contribution in [1.29, 1.82) is 5.26 Å². The minimum absolute atomic E-state index is 0.173. The van der Waals surface area contributed by atoms with Crippen LogP contribution in [0.25, 0.3) is 16.9 Å². The Labute approximate surface area is 194 Å². The Hall–Kier alpha value is -3.55. The Morgan fingerprint density at radius 1 is 1.24 bits per heavy atom. The second kappa shape index (κ2) is 8.77. The van der Waals surface area contributed by atoms with Crippen molar-refractivity contribution in [2.45, 2.75) is 32.4 Å². The third-order valence-electron chi connectivity index (χ3n) is 5.78. The Morgan fingerprint density at radius 3 is 2.76 bits per heavy atom. The Morgan fingerprint density at radius 2 is 2.06 bits per heavy atom. The highest BCUT2D eigenvalue weighted by molar-refractivity contribution is 7.16. The van der Waals surface area contributed by atoms with Crippen LogP contribution in [0.15, 0.2) is 36.4 Å². The molecular formula is C23H23FN8S. The first-order valence-corrected chi connectivity index (χ1v) is 11.7. The van der Waals surface area contributed by atoms with Gasteiger partial charge in [0.15, 0.2) is 10.8 Å². The molecule has 0 amide bonds. The molecule has 5 rings (SSSR count). The van der Waals surface area contributed by atoms with Crippen LogP contribution in [0.1, 0.15) is 29.6 Å². The van der Waals surface area contributed by atoms with Crippen LogP contribution in [0, 0.1) is 17.1 Å². The van der Waals surface area contributed by atoms with Gasteiger partial charge in [0.05, 0.1) is 17.9 Å². The molecule has 10 heteroatoms.